The molecule has 1 aromatic carbocycles. The lowest BCUT2D eigenvalue weighted by Gasteiger charge is -2.34. The summed E-state index contributed by atoms with van der Waals surface area (Å²) >= 11 is 5.87. The average molecular weight is 284 g/mol. The molecule has 4 nitrogen and oxygen atoms in total. The van der Waals surface area contributed by atoms with Crippen LogP contribution in [0.15, 0.2) is 18.2 Å². The van der Waals surface area contributed by atoms with E-state index in [1.165, 1.54) is 6.07 Å². The summed E-state index contributed by atoms with van der Waals surface area (Å²) in [6.07, 6.45) is 2.05. The summed E-state index contributed by atoms with van der Waals surface area (Å²) in [4.78, 5) is 13.4. The molecule has 0 atom stereocenters. The van der Waals surface area contributed by atoms with Gasteiger partial charge in [0.2, 0.25) is 0 Å². The topological polar surface area (TPSA) is 49.8 Å². The smallest absolute Gasteiger partial charge is 0.337 e. The van der Waals surface area contributed by atoms with E-state index < -0.39 is 5.97 Å². The van der Waals surface area contributed by atoms with Gasteiger partial charge in [0.15, 0.2) is 0 Å². The first-order valence-electron chi connectivity index (χ1n) is 6.38. The van der Waals surface area contributed by atoms with Crippen LogP contribution in [0, 0.1) is 5.92 Å². The summed E-state index contributed by atoms with van der Waals surface area (Å²) in [5.74, 6) is -0.363. The molecule has 1 aromatic rings. The quantitative estimate of drug-likeness (QED) is 0.923. The lowest BCUT2D eigenvalue weighted by molar-refractivity contribution is 0.0697. The highest BCUT2D eigenvalue weighted by atomic mass is 35.5. The fourth-order valence-corrected chi connectivity index (χ4v) is 2.70. The molecule has 0 radical (unpaired) electrons. The molecule has 0 amide bonds. The number of ether oxygens (including phenoxy) is 1. The van der Waals surface area contributed by atoms with E-state index in [0.29, 0.717) is 10.9 Å². The number of carbonyl (C=O) groups is 1. The minimum atomic E-state index is -0.934. The van der Waals surface area contributed by atoms with E-state index in [4.69, 9.17) is 16.3 Å². The minimum absolute atomic E-state index is 0.276. The largest absolute Gasteiger partial charge is 0.478 e. The monoisotopic (exact) mass is 283 g/mol. The van der Waals surface area contributed by atoms with Crippen LogP contribution >= 0.6 is 11.6 Å². The minimum Gasteiger partial charge on any atom is -0.478 e. The van der Waals surface area contributed by atoms with E-state index in [0.717, 1.165) is 38.2 Å². The van der Waals surface area contributed by atoms with Gasteiger partial charge in [-0.25, -0.2) is 4.79 Å². The Morgan fingerprint density at radius 3 is 2.74 bits per heavy atom. The van der Waals surface area contributed by atoms with Crippen molar-refractivity contribution < 1.29 is 14.6 Å². The van der Waals surface area contributed by atoms with Crippen molar-refractivity contribution in [2.75, 3.05) is 31.7 Å². The number of anilines is 1. The molecule has 0 bridgehead atoms. The van der Waals surface area contributed by atoms with Crippen LogP contribution < -0.4 is 4.90 Å². The number of methoxy groups -OCH3 is 1. The van der Waals surface area contributed by atoms with Gasteiger partial charge in [0.05, 0.1) is 11.3 Å². The molecule has 1 aliphatic rings. The summed E-state index contributed by atoms with van der Waals surface area (Å²) < 4.78 is 5.17. The van der Waals surface area contributed by atoms with Crippen molar-refractivity contribution in [2.45, 2.75) is 12.8 Å². The van der Waals surface area contributed by atoms with Gasteiger partial charge in [0, 0.05) is 31.8 Å². The molecule has 1 fully saturated rings. The van der Waals surface area contributed by atoms with Crippen LogP contribution in [0.4, 0.5) is 5.69 Å². The molecule has 0 aliphatic carbocycles. The number of nitrogens with zero attached hydrogens (tertiary/aromatic N) is 1. The van der Waals surface area contributed by atoms with Crippen molar-refractivity contribution in [1.82, 2.24) is 0 Å². The predicted molar refractivity (Wildman–Crippen MR) is 75.2 cm³/mol. The lowest BCUT2D eigenvalue weighted by atomic mass is 9.97. The molecular weight excluding hydrogens is 266 g/mol. The number of halogens is 1. The van der Waals surface area contributed by atoms with Gasteiger partial charge in [-0.15, -0.1) is 0 Å². The van der Waals surface area contributed by atoms with Gasteiger partial charge in [-0.05, 0) is 37.0 Å². The van der Waals surface area contributed by atoms with Crippen molar-refractivity contribution in [1.29, 1.82) is 0 Å². The van der Waals surface area contributed by atoms with Gasteiger partial charge >= 0.3 is 5.97 Å². The van der Waals surface area contributed by atoms with E-state index >= 15 is 0 Å². The Morgan fingerprint density at radius 1 is 1.47 bits per heavy atom. The highest BCUT2D eigenvalue weighted by Gasteiger charge is 2.22. The normalized spacial score (nSPS) is 16.6. The Hall–Kier alpha value is -1.26. The highest BCUT2D eigenvalue weighted by Crippen LogP contribution is 2.28. The fourth-order valence-electron chi connectivity index (χ4n) is 2.53. The number of hydrogen-bond donors (Lipinski definition) is 1. The van der Waals surface area contributed by atoms with E-state index in [1.807, 2.05) is 0 Å². The van der Waals surface area contributed by atoms with Crippen LogP contribution in [0.3, 0.4) is 0 Å². The third-order valence-electron chi connectivity index (χ3n) is 3.55. The molecule has 0 spiro atoms. The molecule has 0 aromatic heterocycles. The van der Waals surface area contributed by atoms with E-state index in [1.54, 1.807) is 19.2 Å². The molecule has 104 valence electrons. The number of aromatic carboxylic acids is 1. The van der Waals surface area contributed by atoms with Crippen molar-refractivity contribution in [2.24, 2.45) is 5.92 Å². The maximum atomic E-state index is 11.3. The van der Waals surface area contributed by atoms with Crippen LogP contribution in [0.1, 0.15) is 23.2 Å². The van der Waals surface area contributed by atoms with Crippen molar-refractivity contribution >= 4 is 23.3 Å². The third-order valence-corrected chi connectivity index (χ3v) is 3.78. The zero-order valence-corrected chi connectivity index (χ0v) is 11.7. The second-order valence-electron chi connectivity index (χ2n) is 4.85. The van der Waals surface area contributed by atoms with Gasteiger partial charge in [0.1, 0.15) is 0 Å². The van der Waals surface area contributed by atoms with Crippen LogP contribution in [0.5, 0.6) is 0 Å². The molecule has 0 unspecified atom stereocenters. The number of piperidine rings is 1. The first kappa shape index (κ1) is 14.2. The number of benzene rings is 1. The maximum absolute atomic E-state index is 11.3. The molecule has 19 heavy (non-hydrogen) atoms. The van der Waals surface area contributed by atoms with Crippen LogP contribution in [-0.2, 0) is 4.74 Å². The van der Waals surface area contributed by atoms with Crippen LogP contribution in [0.2, 0.25) is 5.02 Å². The predicted octanol–water partition coefficient (Wildman–Crippen LogP) is 2.90. The molecule has 0 saturated carbocycles. The maximum Gasteiger partial charge on any atom is 0.337 e. The zero-order valence-electron chi connectivity index (χ0n) is 10.9. The summed E-state index contributed by atoms with van der Waals surface area (Å²) in [6.45, 7) is 2.49. The summed E-state index contributed by atoms with van der Waals surface area (Å²) in [5.41, 5.74) is 1.03. The van der Waals surface area contributed by atoms with E-state index in [9.17, 15) is 9.90 Å². The van der Waals surface area contributed by atoms with Gasteiger partial charge < -0.3 is 14.7 Å². The first-order chi connectivity index (χ1) is 9.11. The fraction of sp³-hybridized carbons (Fsp3) is 0.500. The third kappa shape index (κ3) is 3.39. The standard InChI is InChI=1S/C14H18ClNO3/c1-19-9-10-4-6-16(7-5-10)13-3-2-11(15)8-12(13)14(17)18/h2-3,8,10H,4-7,9H2,1H3,(H,17,18). The number of carboxylic acid groups (broad SMARTS) is 1. The molecule has 1 aliphatic heterocycles. The van der Waals surface area contributed by atoms with Crippen molar-refractivity contribution in [3.8, 4) is 0 Å². The Bertz CT molecular complexity index is 456. The summed E-state index contributed by atoms with van der Waals surface area (Å²) in [7, 11) is 1.72. The number of hydrogen-bond acceptors (Lipinski definition) is 3. The molecule has 5 heteroatoms. The second-order valence-corrected chi connectivity index (χ2v) is 5.29. The number of carboxylic acids is 1. The Balaban J connectivity index is 2.13. The first-order valence-corrected chi connectivity index (χ1v) is 6.76. The molecule has 1 N–H and O–H groups in total. The Morgan fingerprint density at radius 2 is 2.16 bits per heavy atom. The van der Waals surface area contributed by atoms with Gasteiger partial charge in [-0.1, -0.05) is 11.6 Å². The van der Waals surface area contributed by atoms with Gasteiger partial charge in [0.25, 0.3) is 0 Å². The molecule has 1 saturated heterocycles. The van der Waals surface area contributed by atoms with Gasteiger partial charge in [-0.2, -0.15) is 0 Å². The SMILES string of the molecule is COCC1CCN(c2ccc(Cl)cc2C(=O)O)CC1. The molecule has 2 rings (SSSR count). The zero-order chi connectivity index (χ0) is 13.8. The summed E-state index contributed by atoms with van der Waals surface area (Å²) in [5, 5.41) is 9.71. The summed E-state index contributed by atoms with van der Waals surface area (Å²) in [6, 6.07) is 5.05. The second kappa shape index (κ2) is 6.26. The molecule has 1 heterocycles. The van der Waals surface area contributed by atoms with E-state index in [2.05, 4.69) is 4.90 Å². The Kier molecular flexibility index (Phi) is 4.66. The highest BCUT2D eigenvalue weighted by molar-refractivity contribution is 6.31. The lowest BCUT2D eigenvalue weighted by Crippen LogP contribution is -2.35. The van der Waals surface area contributed by atoms with Crippen LogP contribution in [0.25, 0.3) is 0 Å². The number of rotatable bonds is 4. The van der Waals surface area contributed by atoms with E-state index in [-0.39, 0.29) is 5.56 Å². The van der Waals surface area contributed by atoms with Crippen LogP contribution in [-0.4, -0.2) is 37.9 Å². The van der Waals surface area contributed by atoms with Crippen molar-refractivity contribution in [3.05, 3.63) is 28.8 Å². The molecular formula is C14H18ClNO3. The van der Waals surface area contributed by atoms with Crippen molar-refractivity contribution in [3.63, 3.8) is 0 Å². The van der Waals surface area contributed by atoms with Gasteiger partial charge in [-0.3, -0.25) is 0 Å². The average Bonchev–Trinajstić information content (AvgIpc) is 2.40. The Labute approximate surface area is 117 Å².